The zero-order valence-corrected chi connectivity index (χ0v) is 25.3. The van der Waals surface area contributed by atoms with E-state index in [2.05, 4.69) is 15.6 Å². The third-order valence-electron chi connectivity index (χ3n) is 7.26. The molecule has 2 aromatic heterocycles. The number of hydrogen-bond acceptors (Lipinski definition) is 11. The average molecular weight is 626 g/mol. The van der Waals surface area contributed by atoms with Crippen LogP contribution in [0, 0.1) is 16.0 Å². The topological polar surface area (TPSA) is 176 Å². The van der Waals surface area contributed by atoms with E-state index in [0.717, 1.165) is 22.7 Å². The number of nitrogens with one attached hydrogen (secondary N) is 2. The number of ether oxygens (including phenoxy) is 4. The summed E-state index contributed by atoms with van der Waals surface area (Å²) >= 11 is 0. The molecule has 242 valence electrons. The molecule has 3 heterocycles. The summed E-state index contributed by atoms with van der Waals surface area (Å²) in [7, 11) is 0. The van der Waals surface area contributed by atoms with Crippen LogP contribution in [0.3, 0.4) is 0 Å². The van der Waals surface area contributed by atoms with E-state index in [4.69, 9.17) is 24.1 Å². The van der Waals surface area contributed by atoms with Crippen molar-refractivity contribution in [3.05, 3.63) is 76.3 Å². The van der Waals surface area contributed by atoms with Gasteiger partial charge in [-0.1, -0.05) is 18.2 Å². The number of carbonyl (C=O) groups excluding carboxylic acids is 2. The van der Waals surface area contributed by atoms with E-state index in [1.807, 2.05) is 37.4 Å². The van der Waals surface area contributed by atoms with E-state index in [1.165, 1.54) is 19.1 Å². The van der Waals surface area contributed by atoms with E-state index >= 15 is 0 Å². The van der Waals surface area contributed by atoms with Gasteiger partial charge in [-0.2, -0.15) is 0 Å². The molecule has 14 nitrogen and oxygen atoms in total. The van der Waals surface area contributed by atoms with Crippen LogP contribution in [0.4, 0.5) is 11.5 Å². The van der Waals surface area contributed by atoms with Gasteiger partial charge in [-0.3, -0.25) is 24.3 Å². The number of pyridine rings is 1. The van der Waals surface area contributed by atoms with Gasteiger partial charge >= 0.3 is 0 Å². The highest BCUT2D eigenvalue weighted by Gasteiger charge is 2.39. The van der Waals surface area contributed by atoms with Gasteiger partial charge in [0.2, 0.25) is 12.2 Å². The maximum atomic E-state index is 13.3. The number of rotatable bonds is 17. The number of allylic oxidation sites excluding steroid dienone is 1. The molecule has 1 aliphatic rings. The Morgan fingerprint density at radius 1 is 1.11 bits per heavy atom. The molecule has 0 spiro atoms. The smallest absolute Gasteiger partial charge is 0.287 e. The van der Waals surface area contributed by atoms with Crippen molar-refractivity contribution in [3.8, 4) is 0 Å². The minimum atomic E-state index is -0.762. The molecule has 4 rings (SSSR count). The fourth-order valence-electron chi connectivity index (χ4n) is 5.19. The van der Waals surface area contributed by atoms with E-state index < -0.39 is 17.1 Å². The molecular weight excluding hydrogens is 586 g/mol. The summed E-state index contributed by atoms with van der Waals surface area (Å²) in [6, 6.07) is 10.5. The summed E-state index contributed by atoms with van der Waals surface area (Å²) in [6.07, 6.45) is 4.52. The van der Waals surface area contributed by atoms with Crippen LogP contribution in [0.2, 0.25) is 0 Å². The summed E-state index contributed by atoms with van der Waals surface area (Å²) in [5.74, 6) is -0.633. The van der Waals surface area contributed by atoms with Gasteiger partial charge in [0.1, 0.15) is 12.0 Å². The number of benzene rings is 1. The van der Waals surface area contributed by atoms with Crippen molar-refractivity contribution >= 4 is 34.2 Å². The van der Waals surface area contributed by atoms with Gasteiger partial charge in [-0.25, -0.2) is 4.98 Å². The van der Waals surface area contributed by atoms with Crippen molar-refractivity contribution < 1.29 is 38.6 Å². The number of nitro groups is 1. The number of aliphatic hydroxyl groups is 1. The van der Waals surface area contributed by atoms with Crippen LogP contribution in [0.5, 0.6) is 0 Å². The van der Waals surface area contributed by atoms with E-state index in [0.29, 0.717) is 45.2 Å². The van der Waals surface area contributed by atoms with Crippen molar-refractivity contribution in [2.75, 3.05) is 58.0 Å². The summed E-state index contributed by atoms with van der Waals surface area (Å²) in [5, 5.41) is 26.5. The quantitative estimate of drug-likeness (QED) is 0.114. The Bertz CT molecular complexity index is 1470. The van der Waals surface area contributed by atoms with E-state index in [-0.39, 0.29) is 48.9 Å². The molecule has 0 saturated heterocycles. The van der Waals surface area contributed by atoms with Crippen LogP contribution in [0.15, 0.2) is 60.6 Å². The number of carbonyl (C=O) groups is 2. The molecule has 0 bridgehead atoms. The average Bonchev–Trinajstić information content (AvgIpc) is 3.43. The molecule has 0 aliphatic carbocycles. The van der Waals surface area contributed by atoms with Crippen molar-refractivity contribution in [3.63, 3.8) is 0 Å². The Balaban J connectivity index is 1.53. The standard InChI is InChI=1S/C31H39N5O9/c1-3-44-31-24(10-14-42-16-17-43-15-13-37)25(26-20-35(21(2)38)27-7-5-4-6-23(26)27)18-28(45-31)30(39)33-12-11-32-29-9-8-22(19-34-29)36(40)41/h4-9,18-20,24-25,31,37H,3,10-17H2,1-2H3,(H,32,34)(H,33,39)/t24-,25+,31-/m0/s1. The number of aromatic nitrogens is 2. The third kappa shape index (κ3) is 8.85. The largest absolute Gasteiger partial charge is 0.459 e. The first-order chi connectivity index (χ1) is 21.8. The lowest BCUT2D eigenvalue weighted by Crippen LogP contribution is -2.40. The highest BCUT2D eigenvalue weighted by molar-refractivity contribution is 5.95. The number of aliphatic hydroxyl groups excluding tert-OH is 1. The molecule has 1 aliphatic heterocycles. The highest BCUT2D eigenvalue weighted by atomic mass is 16.7. The molecule has 3 N–H and O–H groups in total. The SMILES string of the molecule is CCO[C@H]1OC(C(=O)NCCNc2ccc([N+](=O)[O-])cn2)=C[C@@H](c2cn(C(C)=O)c3ccccc23)[C@@H]1CCOCCOCCO. The fourth-order valence-corrected chi connectivity index (χ4v) is 5.19. The van der Waals surface area contributed by atoms with Gasteiger partial charge in [0, 0.05) is 62.7 Å². The first kappa shape index (κ1) is 33.5. The highest BCUT2D eigenvalue weighted by Crippen LogP contribution is 2.42. The lowest BCUT2D eigenvalue weighted by Gasteiger charge is -2.36. The molecule has 0 fully saturated rings. The maximum Gasteiger partial charge on any atom is 0.287 e. The molecule has 0 saturated carbocycles. The molecule has 1 amide bonds. The zero-order valence-electron chi connectivity index (χ0n) is 25.3. The Morgan fingerprint density at radius 3 is 2.58 bits per heavy atom. The molecule has 14 heteroatoms. The number of fused-ring (bicyclic) bond motifs is 1. The van der Waals surface area contributed by atoms with Gasteiger partial charge < -0.3 is 34.7 Å². The lowest BCUT2D eigenvalue weighted by atomic mass is 9.81. The van der Waals surface area contributed by atoms with Crippen molar-refractivity contribution in [2.45, 2.75) is 32.5 Å². The molecular formula is C31H39N5O9. The predicted molar refractivity (Wildman–Crippen MR) is 165 cm³/mol. The first-order valence-corrected chi connectivity index (χ1v) is 14.8. The minimum absolute atomic E-state index is 0.0548. The van der Waals surface area contributed by atoms with Crippen LogP contribution in [-0.4, -0.2) is 90.4 Å². The number of nitrogens with zero attached hydrogens (tertiary/aromatic N) is 3. The molecule has 0 unspecified atom stereocenters. The molecule has 1 aromatic carbocycles. The van der Waals surface area contributed by atoms with E-state index in [1.54, 1.807) is 10.6 Å². The first-order valence-electron chi connectivity index (χ1n) is 14.8. The normalized spacial score (nSPS) is 17.8. The fraction of sp³-hybridized carbons (Fsp3) is 0.452. The van der Waals surface area contributed by atoms with Crippen molar-refractivity contribution in [2.24, 2.45) is 5.92 Å². The molecule has 3 aromatic rings. The number of amides is 1. The monoisotopic (exact) mass is 625 g/mol. The van der Waals surface area contributed by atoms with Gasteiger partial charge in [-0.15, -0.1) is 0 Å². The predicted octanol–water partition coefficient (Wildman–Crippen LogP) is 3.23. The Kier molecular flexibility index (Phi) is 12.4. The van der Waals surface area contributed by atoms with Crippen LogP contribution in [0.25, 0.3) is 10.9 Å². The second-order valence-electron chi connectivity index (χ2n) is 10.2. The van der Waals surface area contributed by atoms with Crippen LogP contribution < -0.4 is 10.6 Å². The molecule has 45 heavy (non-hydrogen) atoms. The van der Waals surface area contributed by atoms with Gasteiger partial charge in [0.05, 0.1) is 36.9 Å². The molecule has 3 atom stereocenters. The summed E-state index contributed by atoms with van der Waals surface area (Å²) in [4.78, 5) is 40.2. The Labute approximate surface area is 260 Å². The van der Waals surface area contributed by atoms with Crippen molar-refractivity contribution in [1.82, 2.24) is 14.9 Å². The van der Waals surface area contributed by atoms with Crippen LogP contribution >= 0.6 is 0 Å². The Morgan fingerprint density at radius 2 is 1.89 bits per heavy atom. The van der Waals surface area contributed by atoms with Gasteiger partial charge in [0.15, 0.2) is 5.76 Å². The maximum absolute atomic E-state index is 13.3. The number of hydrogen-bond donors (Lipinski definition) is 3. The van der Waals surface area contributed by atoms with Crippen LogP contribution in [-0.2, 0) is 23.7 Å². The molecule has 0 radical (unpaired) electrons. The minimum Gasteiger partial charge on any atom is -0.459 e. The van der Waals surface area contributed by atoms with Gasteiger partial charge in [-0.05, 0) is 37.1 Å². The summed E-state index contributed by atoms with van der Waals surface area (Å²) in [5.41, 5.74) is 1.51. The van der Waals surface area contributed by atoms with Gasteiger partial charge in [0.25, 0.3) is 11.6 Å². The lowest BCUT2D eigenvalue weighted by molar-refractivity contribution is -0.385. The number of anilines is 1. The number of para-hydroxylation sites is 1. The van der Waals surface area contributed by atoms with Crippen molar-refractivity contribution in [1.29, 1.82) is 0 Å². The van der Waals surface area contributed by atoms with E-state index in [9.17, 15) is 19.7 Å². The summed E-state index contributed by atoms with van der Waals surface area (Å²) in [6.45, 7) is 5.51. The zero-order chi connectivity index (χ0) is 32.2. The Hall–Kier alpha value is -4.37. The van der Waals surface area contributed by atoms with Crippen LogP contribution in [0.1, 0.15) is 36.5 Å². The second kappa shape index (κ2) is 16.6. The third-order valence-corrected chi connectivity index (χ3v) is 7.26. The second-order valence-corrected chi connectivity index (χ2v) is 10.2. The summed E-state index contributed by atoms with van der Waals surface area (Å²) < 4.78 is 24.8.